The predicted octanol–water partition coefficient (Wildman–Crippen LogP) is 4.00. The van der Waals surface area contributed by atoms with Gasteiger partial charge in [0.15, 0.2) is 0 Å². The maximum absolute atomic E-state index is 13.4. The number of fused-ring (bicyclic) bond motifs is 1. The quantitative estimate of drug-likeness (QED) is 0.544. The molecule has 1 aromatic carbocycles. The summed E-state index contributed by atoms with van der Waals surface area (Å²) < 4.78 is 6.64. The Bertz CT molecular complexity index is 1070. The van der Waals surface area contributed by atoms with Gasteiger partial charge in [-0.05, 0) is 63.1 Å². The maximum Gasteiger partial charge on any atom is 0.255 e. The Morgan fingerprint density at radius 2 is 1.92 bits per heavy atom. The summed E-state index contributed by atoms with van der Waals surface area (Å²) in [7, 11) is 2.16. The molecule has 1 aliphatic heterocycles. The number of hydrogen-bond donors (Lipinski definition) is 2. The number of pyridine rings is 1. The lowest BCUT2D eigenvalue weighted by atomic mass is 9.89. The molecule has 4 rings (SSSR count). The van der Waals surface area contributed by atoms with Crippen LogP contribution in [0.4, 0.5) is 5.69 Å². The van der Waals surface area contributed by atoms with Crippen LogP contribution < -0.4 is 10.1 Å². The molecule has 2 N–H and O–H groups in total. The number of nitrogens with one attached hydrogen (secondary N) is 1. The summed E-state index contributed by atoms with van der Waals surface area (Å²) in [5.41, 5.74) is 1.84. The lowest BCUT2D eigenvalue weighted by Gasteiger charge is -2.35. The third-order valence-electron chi connectivity index (χ3n) is 7.90. The van der Waals surface area contributed by atoms with Crippen LogP contribution in [0.5, 0.6) is 5.75 Å². The van der Waals surface area contributed by atoms with Gasteiger partial charge in [-0.15, -0.1) is 0 Å². The number of aliphatic hydroxyl groups is 1. The van der Waals surface area contributed by atoms with Crippen LogP contribution in [-0.4, -0.2) is 77.1 Å². The third-order valence-corrected chi connectivity index (χ3v) is 7.90. The standard InChI is InChI=1S/C30H42N4O4/c1-21-17-34(22(2)20-35)29(36)16-25-15-26(32-30(37)24-11-13-31-14-12-24)9-10-27(25)38-28(21)19-33(3)18-23-7-5-4-6-8-23/h9-15,21-23,28,35H,4-8,16-20H2,1-3H3,(H,32,37)/t21-,22-,28-/m1/s1. The Balaban J connectivity index is 1.57. The fourth-order valence-electron chi connectivity index (χ4n) is 5.62. The minimum Gasteiger partial charge on any atom is -0.488 e. The van der Waals surface area contributed by atoms with E-state index in [0.29, 0.717) is 23.5 Å². The molecule has 2 heterocycles. The summed E-state index contributed by atoms with van der Waals surface area (Å²) in [6.45, 7) is 6.22. The van der Waals surface area contributed by atoms with Crippen molar-refractivity contribution >= 4 is 17.5 Å². The molecule has 0 bridgehead atoms. The molecule has 1 aliphatic carbocycles. The average Bonchev–Trinajstić information content (AvgIpc) is 2.97. The number of ether oxygens (including phenoxy) is 1. The first-order valence-corrected chi connectivity index (χ1v) is 13.9. The number of carbonyl (C=O) groups is 2. The lowest BCUT2D eigenvalue weighted by Crippen LogP contribution is -2.48. The highest BCUT2D eigenvalue weighted by atomic mass is 16.5. The summed E-state index contributed by atoms with van der Waals surface area (Å²) in [4.78, 5) is 34.3. The molecule has 0 spiro atoms. The van der Waals surface area contributed by atoms with E-state index in [4.69, 9.17) is 4.74 Å². The van der Waals surface area contributed by atoms with Crippen LogP contribution in [0.3, 0.4) is 0 Å². The first-order valence-electron chi connectivity index (χ1n) is 13.9. The Morgan fingerprint density at radius 3 is 2.63 bits per heavy atom. The number of hydrogen-bond acceptors (Lipinski definition) is 6. The van der Waals surface area contributed by atoms with Gasteiger partial charge in [-0.1, -0.05) is 26.2 Å². The van der Waals surface area contributed by atoms with Crippen LogP contribution in [0.2, 0.25) is 0 Å². The van der Waals surface area contributed by atoms with E-state index in [1.165, 1.54) is 32.1 Å². The van der Waals surface area contributed by atoms with Gasteiger partial charge < -0.3 is 25.0 Å². The molecule has 8 nitrogen and oxygen atoms in total. The van der Waals surface area contributed by atoms with E-state index in [1.807, 2.05) is 25.1 Å². The first kappa shape index (κ1) is 28.0. The van der Waals surface area contributed by atoms with Gasteiger partial charge in [-0.3, -0.25) is 14.6 Å². The van der Waals surface area contributed by atoms with Gasteiger partial charge in [0.1, 0.15) is 11.9 Å². The second-order valence-corrected chi connectivity index (χ2v) is 11.1. The monoisotopic (exact) mass is 522 g/mol. The zero-order valence-electron chi connectivity index (χ0n) is 22.9. The van der Waals surface area contributed by atoms with Crippen molar-refractivity contribution in [2.75, 3.05) is 38.6 Å². The SMILES string of the molecule is C[C@@H]1CN([C@H](C)CO)C(=O)Cc2cc(NC(=O)c3ccncc3)ccc2O[C@@H]1CN(C)CC1CCCCC1. The van der Waals surface area contributed by atoms with Crippen molar-refractivity contribution in [1.82, 2.24) is 14.8 Å². The fraction of sp³-hybridized carbons (Fsp3) is 0.567. The minimum atomic E-state index is -0.290. The molecule has 0 radical (unpaired) electrons. The van der Waals surface area contributed by atoms with Crippen molar-refractivity contribution in [3.05, 3.63) is 53.9 Å². The summed E-state index contributed by atoms with van der Waals surface area (Å²) in [5.74, 6) is 1.17. The van der Waals surface area contributed by atoms with Gasteiger partial charge in [-0.2, -0.15) is 0 Å². The summed E-state index contributed by atoms with van der Waals surface area (Å²) in [6, 6.07) is 8.53. The normalized spacial score (nSPS) is 21.6. The number of likely N-dealkylation sites (N-methyl/N-ethyl adjacent to an activating group) is 1. The summed E-state index contributed by atoms with van der Waals surface area (Å²) in [6.07, 6.45) is 9.73. The molecule has 0 unspecified atom stereocenters. The van der Waals surface area contributed by atoms with Crippen LogP contribution in [0, 0.1) is 11.8 Å². The molecule has 3 atom stereocenters. The molecule has 38 heavy (non-hydrogen) atoms. The van der Waals surface area contributed by atoms with Crippen molar-refractivity contribution in [1.29, 1.82) is 0 Å². The highest BCUT2D eigenvalue weighted by Gasteiger charge is 2.31. The van der Waals surface area contributed by atoms with Crippen LogP contribution in [0.15, 0.2) is 42.7 Å². The lowest BCUT2D eigenvalue weighted by molar-refractivity contribution is -0.134. The fourth-order valence-corrected chi connectivity index (χ4v) is 5.62. The van der Waals surface area contributed by atoms with Crippen LogP contribution in [0.25, 0.3) is 0 Å². The van der Waals surface area contributed by atoms with Crippen LogP contribution >= 0.6 is 0 Å². The van der Waals surface area contributed by atoms with Crippen molar-refractivity contribution < 1.29 is 19.4 Å². The smallest absolute Gasteiger partial charge is 0.255 e. The number of rotatable bonds is 8. The summed E-state index contributed by atoms with van der Waals surface area (Å²) in [5, 5.41) is 12.8. The van der Waals surface area contributed by atoms with E-state index in [9.17, 15) is 14.7 Å². The first-order chi connectivity index (χ1) is 18.3. The topological polar surface area (TPSA) is 95.0 Å². The molecule has 2 aromatic rings. The summed E-state index contributed by atoms with van der Waals surface area (Å²) >= 11 is 0. The van der Waals surface area contributed by atoms with Crippen molar-refractivity contribution in [3.63, 3.8) is 0 Å². The molecule has 2 aliphatic rings. The van der Waals surface area contributed by atoms with Crippen molar-refractivity contribution in [3.8, 4) is 5.75 Å². The van der Waals surface area contributed by atoms with E-state index >= 15 is 0 Å². The van der Waals surface area contributed by atoms with Gasteiger partial charge in [0.2, 0.25) is 5.91 Å². The van der Waals surface area contributed by atoms with E-state index in [-0.39, 0.29) is 42.9 Å². The Kier molecular flexibility index (Phi) is 9.74. The molecule has 206 valence electrons. The van der Waals surface area contributed by atoms with Crippen LogP contribution in [-0.2, 0) is 11.2 Å². The number of nitrogens with zero attached hydrogens (tertiary/aromatic N) is 3. The number of aromatic nitrogens is 1. The van der Waals surface area contributed by atoms with Gasteiger partial charge in [0, 0.05) is 54.8 Å². The van der Waals surface area contributed by atoms with Crippen LogP contribution in [0.1, 0.15) is 61.9 Å². The van der Waals surface area contributed by atoms with Gasteiger partial charge in [-0.25, -0.2) is 0 Å². The van der Waals surface area contributed by atoms with E-state index in [2.05, 4.69) is 29.2 Å². The molecule has 1 fully saturated rings. The predicted molar refractivity (Wildman–Crippen MR) is 148 cm³/mol. The van der Waals surface area contributed by atoms with E-state index < -0.39 is 0 Å². The van der Waals surface area contributed by atoms with Gasteiger partial charge in [0.25, 0.3) is 5.91 Å². The third kappa shape index (κ3) is 7.32. The zero-order valence-corrected chi connectivity index (χ0v) is 22.9. The maximum atomic E-state index is 13.4. The number of carbonyl (C=O) groups excluding carboxylic acids is 2. The highest BCUT2D eigenvalue weighted by Crippen LogP contribution is 2.30. The number of aliphatic hydroxyl groups excluding tert-OH is 1. The molecule has 8 heteroatoms. The molecular formula is C30H42N4O4. The number of benzene rings is 1. The minimum absolute atomic E-state index is 0.0583. The zero-order chi connectivity index (χ0) is 27.1. The molecular weight excluding hydrogens is 480 g/mol. The van der Waals surface area contributed by atoms with Crippen molar-refractivity contribution in [2.24, 2.45) is 11.8 Å². The van der Waals surface area contributed by atoms with E-state index in [1.54, 1.807) is 29.4 Å². The van der Waals surface area contributed by atoms with E-state index in [0.717, 1.165) is 24.6 Å². The average molecular weight is 523 g/mol. The molecule has 1 aromatic heterocycles. The molecule has 2 amide bonds. The highest BCUT2D eigenvalue weighted by molar-refractivity contribution is 6.04. The largest absolute Gasteiger partial charge is 0.488 e. The molecule has 1 saturated carbocycles. The second kappa shape index (κ2) is 13.2. The van der Waals surface area contributed by atoms with Gasteiger partial charge in [0.05, 0.1) is 19.1 Å². The molecule has 0 saturated heterocycles. The number of amides is 2. The Morgan fingerprint density at radius 1 is 1.18 bits per heavy atom. The Labute approximate surface area is 226 Å². The van der Waals surface area contributed by atoms with Crippen molar-refractivity contribution in [2.45, 2.75) is 64.5 Å². The second-order valence-electron chi connectivity index (χ2n) is 11.1. The number of anilines is 1. The Hall–Kier alpha value is -2.97. The van der Waals surface area contributed by atoms with Gasteiger partial charge >= 0.3 is 0 Å².